The second kappa shape index (κ2) is 7.22. The first kappa shape index (κ1) is 16.2. The van der Waals surface area contributed by atoms with Crippen LogP contribution in [-0.2, 0) is 0 Å². The van der Waals surface area contributed by atoms with Crippen LogP contribution in [0.5, 0.6) is 5.88 Å². The minimum atomic E-state index is 0.0362. The summed E-state index contributed by atoms with van der Waals surface area (Å²) < 4.78 is 1.62. The van der Waals surface area contributed by atoms with Gasteiger partial charge in [0.1, 0.15) is 0 Å². The summed E-state index contributed by atoms with van der Waals surface area (Å²) in [6.45, 7) is 8.23. The summed E-state index contributed by atoms with van der Waals surface area (Å²) in [7, 11) is 0. The molecule has 2 N–H and O–H groups in total. The van der Waals surface area contributed by atoms with Crippen LogP contribution in [-0.4, -0.2) is 39.4 Å². The fourth-order valence-corrected chi connectivity index (χ4v) is 2.58. The summed E-state index contributed by atoms with van der Waals surface area (Å²) in [6, 6.07) is 7.63. The van der Waals surface area contributed by atoms with E-state index in [0.29, 0.717) is 17.3 Å². The van der Waals surface area contributed by atoms with Crippen molar-refractivity contribution >= 4 is 33.9 Å². The second-order valence-electron chi connectivity index (χ2n) is 4.69. The Morgan fingerprint density at radius 3 is 2.59 bits per heavy atom. The molecule has 0 saturated carbocycles. The van der Waals surface area contributed by atoms with Crippen molar-refractivity contribution in [3.63, 3.8) is 0 Å². The number of thiocarbonyl (C=S) groups is 1. The number of rotatable bonds is 5. The molecule has 1 aromatic heterocycles. The summed E-state index contributed by atoms with van der Waals surface area (Å²) >= 11 is 5.26. The second-order valence-corrected chi connectivity index (χ2v) is 5.06. The van der Waals surface area contributed by atoms with Gasteiger partial charge in [-0.25, -0.2) is 4.68 Å². The summed E-state index contributed by atoms with van der Waals surface area (Å²) in [4.78, 5) is 1.93. The van der Waals surface area contributed by atoms with Crippen LogP contribution >= 0.6 is 12.2 Å². The monoisotopic (exact) mass is 319 g/mol. The largest absolute Gasteiger partial charge is 0.492 e. The molecule has 22 heavy (non-hydrogen) atoms. The van der Waals surface area contributed by atoms with Crippen LogP contribution in [0, 0.1) is 0 Å². The lowest BCUT2D eigenvalue weighted by Crippen LogP contribution is -2.27. The molecule has 0 atom stereocenters. The van der Waals surface area contributed by atoms with Crippen molar-refractivity contribution in [1.82, 2.24) is 9.58 Å². The smallest absolute Gasteiger partial charge is 0.239 e. The average molecular weight is 319 g/mol. The Hall–Kier alpha value is -2.15. The minimum absolute atomic E-state index is 0.0362. The number of para-hydroxylation sites is 1. The molecule has 2 rings (SSSR count). The number of benzene rings is 1. The molecule has 0 bridgehead atoms. The predicted molar refractivity (Wildman–Crippen MR) is 93.5 cm³/mol. The summed E-state index contributed by atoms with van der Waals surface area (Å²) in [6.07, 6.45) is 0. The van der Waals surface area contributed by atoms with Crippen molar-refractivity contribution in [2.75, 3.05) is 25.1 Å². The third-order valence-electron chi connectivity index (χ3n) is 3.41. The summed E-state index contributed by atoms with van der Waals surface area (Å²) in [5, 5.41) is 19.9. The quantitative estimate of drug-likeness (QED) is 0.652. The van der Waals surface area contributed by atoms with Gasteiger partial charge >= 0.3 is 0 Å². The number of nitrogens with one attached hydrogen (secondary N) is 1. The molecule has 0 unspecified atom stereocenters. The number of aromatic nitrogens is 1. The van der Waals surface area contributed by atoms with Gasteiger partial charge in [-0.05, 0) is 39.1 Å². The highest BCUT2D eigenvalue weighted by Crippen LogP contribution is 2.37. The lowest BCUT2D eigenvalue weighted by molar-refractivity contribution is 0.437. The van der Waals surface area contributed by atoms with Gasteiger partial charge in [-0.3, -0.25) is 0 Å². The molecular formula is C15H21N5OS. The number of azo groups is 1. The van der Waals surface area contributed by atoms with E-state index >= 15 is 0 Å². The first-order valence-corrected chi connectivity index (χ1v) is 7.81. The van der Waals surface area contributed by atoms with Crippen molar-refractivity contribution < 1.29 is 5.11 Å². The normalized spacial score (nSPS) is 11.2. The summed E-state index contributed by atoms with van der Waals surface area (Å²) in [5.74, 6) is 0.0362. The fourth-order valence-electron chi connectivity index (χ4n) is 2.28. The topological polar surface area (TPSA) is 65.1 Å². The standard InChI is InChI=1S/C15H21N5OS/c1-4-16-20-12-10-8-7-9-11(12)13(14(20)21)17-18-15(22)19(5-2)6-3/h7-10,16,21H,4-6H2,1-3H3. The number of nitrogens with zero attached hydrogens (tertiary/aromatic N) is 4. The fraction of sp³-hybridized carbons (Fsp3) is 0.400. The van der Waals surface area contributed by atoms with Gasteiger partial charge in [-0.15, -0.1) is 10.2 Å². The van der Waals surface area contributed by atoms with E-state index in [1.807, 2.05) is 49.9 Å². The predicted octanol–water partition coefficient (Wildman–Crippen LogP) is 3.62. The van der Waals surface area contributed by atoms with Crippen LogP contribution in [0.4, 0.5) is 5.69 Å². The van der Waals surface area contributed by atoms with Crippen LogP contribution in [0.3, 0.4) is 0 Å². The van der Waals surface area contributed by atoms with E-state index in [1.165, 1.54) is 0 Å². The van der Waals surface area contributed by atoms with Gasteiger partial charge in [-0.1, -0.05) is 18.2 Å². The van der Waals surface area contributed by atoms with Crippen LogP contribution in [0.25, 0.3) is 10.9 Å². The molecule has 7 heteroatoms. The van der Waals surface area contributed by atoms with Gasteiger partial charge in [-0.2, -0.15) is 0 Å². The first-order chi connectivity index (χ1) is 10.6. The summed E-state index contributed by atoms with van der Waals surface area (Å²) in [5.41, 5.74) is 4.37. The van der Waals surface area contributed by atoms with E-state index in [1.54, 1.807) is 4.68 Å². The number of hydrogen-bond acceptors (Lipinski definition) is 4. The van der Waals surface area contributed by atoms with Crippen molar-refractivity contribution in [2.45, 2.75) is 20.8 Å². The highest BCUT2D eigenvalue weighted by Gasteiger charge is 2.16. The molecule has 1 aromatic carbocycles. The first-order valence-electron chi connectivity index (χ1n) is 7.40. The Labute approximate surface area is 135 Å². The minimum Gasteiger partial charge on any atom is -0.492 e. The van der Waals surface area contributed by atoms with E-state index in [2.05, 4.69) is 15.7 Å². The molecule has 0 aliphatic rings. The number of hydrogen-bond donors (Lipinski definition) is 2. The Morgan fingerprint density at radius 2 is 1.95 bits per heavy atom. The molecule has 6 nitrogen and oxygen atoms in total. The van der Waals surface area contributed by atoms with Crippen LogP contribution in [0.2, 0.25) is 0 Å². The molecule has 0 aliphatic carbocycles. The zero-order valence-electron chi connectivity index (χ0n) is 13.1. The highest BCUT2D eigenvalue weighted by atomic mass is 32.1. The lowest BCUT2D eigenvalue weighted by atomic mass is 10.2. The van der Waals surface area contributed by atoms with E-state index in [-0.39, 0.29) is 5.88 Å². The zero-order valence-corrected chi connectivity index (χ0v) is 13.9. The van der Waals surface area contributed by atoms with Crippen molar-refractivity contribution in [3.8, 4) is 5.88 Å². The van der Waals surface area contributed by atoms with Gasteiger partial charge in [0.2, 0.25) is 11.0 Å². The van der Waals surface area contributed by atoms with Gasteiger partial charge in [0.05, 0.1) is 5.52 Å². The third kappa shape index (κ3) is 3.04. The maximum atomic E-state index is 10.4. The van der Waals surface area contributed by atoms with Crippen molar-refractivity contribution in [2.24, 2.45) is 10.2 Å². The van der Waals surface area contributed by atoms with E-state index in [9.17, 15) is 5.11 Å². The van der Waals surface area contributed by atoms with Crippen molar-refractivity contribution in [1.29, 1.82) is 0 Å². The molecule has 0 spiro atoms. The van der Waals surface area contributed by atoms with Gasteiger partial charge in [0.15, 0.2) is 5.69 Å². The van der Waals surface area contributed by atoms with Gasteiger partial charge in [0.25, 0.3) is 0 Å². The zero-order chi connectivity index (χ0) is 16.1. The molecule has 0 aliphatic heterocycles. The molecule has 0 saturated heterocycles. The maximum absolute atomic E-state index is 10.4. The van der Waals surface area contributed by atoms with Gasteiger partial charge < -0.3 is 15.4 Å². The molecular weight excluding hydrogens is 298 g/mol. The molecule has 0 radical (unpaired) electrons. The number of fused-ring (bicyclic) bond motifs is 1. The Kier molecular flexibility index (Phi) is 5.32. The van der Waals surface area contributed by atoms with E-state index in [4.69, 9.17) is 12.2 Å². The third-order valence-corrected chi connectivity index (χ3v) is 3.75. The molecule has 2 aromatic rings. The number of aromatic hydroxyl groups is 1. The van der Waals surface area contributed by atoms with E-state index in [0.717, 1.165) is 24.0 Å². The molecule has 118 valence electrons. The van der Waals surface area contributed by atoms with E-state index < -0.39 is 0 Å². The molecule has 0 fully saturated rings. The average Bonchev–Trinajstić information content (AvgIpc) is 2.79. The highest BCUT2D eigenvalue weighted by molar-refractivity contribution is 7.80. The Bertz CT molecular complexity index is 691. The molecule has 1 heterocycles. The lowest BCUT2D eigenvalue weighted by Gasteiger charge is -2.16. The SMILES string of the molecule is CCNn1c(O)c(N=NC(=S)N(CC)CC)c2ccccc21. The Balaban J connectivity index is 2.43. The maximum Gasteiger partial charge on any atom is 0.239 e. The van der Waals surface area contributed by atoms with Crippen LogP contribution in [0.1, 0.15) is 20.8 Å². The van der Waals surface area contributed by atoms with Gasteiger partial charge in [0, 0.05) is 25.0 Å². The van der Waals surface area contributed by atoms with Crippen LogP contribution in [0.15, 0.2) is 34.5 Å². The van der Waals surface area contributed by atoms with Crippen LogP contribution < -0.4 is 5.43 Å². The van der Waals surface area contributed by atoms with Crippen molar-refractivity contribution in [3.05, 3.63) is 24.3 Å². The Morgan fingerprint density at radius 1 is 1.27 bits per heavy atom. The molecule has 0 amide bonds.